The van der Waals surface area contributed by atoms with Crippen LogP contribution >= 0.6 is 0 Å². The van der Waals surface area contributed by atoms with E-state index in [1.54, 1.807) is 55.5 Å². The van der Waals surface area contributed by atoms with Crippen molar-refractivity contribution in [2.75, 3.05) is 0 Å². The normalized spacial score (nSPS) is 11.9. The Morgan fingerprint density at radius 2 is 1.76 bits per heavy atom. The fraction of sp³-hybridized carbons (Fsp3) is 0.115. The Hall–Kier alpha value is -4.22. The first-order valence-electron chi connectivity index (χ1n) is 10.4. The van der Waals surface area contributed by atoms with Gasteiger partial charge in [0.15, 0.2) is 0 Å². The molecule has 2 aromatic carbocycles. The maximum Gasteiger partial charge on any atom is 0.269 e. The van der Waals surface area contributed by atoms with Gasteiger partial charge in [-0.1, -0.05) is 35.9 Å². The molecule has 170 valence electrons. The van der Waals surface area contributed by atoms with Crippen molar-refractivity contribution in [1.82, 2.24) is 9.38 Å². The minimum Gasteiger partial charge on any atom is -0.438 e. The summed E-state index contributed by atoms with van der Waals surface area (Å²) in [7, 11) is -4.17. The monoisotopic (exact) mass is 471 g/mol. The van der Waals surface area contributed by atoms with Crippen molar-refractivity contribution in [3.05, 3.63) is 104 Å². The Morgan fingerprint density at radius 3 is 2.44 bits per heavy atom. The molecule has 0 saturated carbocycles. The highest BCUT2D eigenvalue weighted by Crippen LogP contribution is 2.27. The number of pyridine rings is 1. The minimum atomic E-state index is -4.17. The minimum absolute atomic E-state index is 0.0447. The van der Waals surface area contributed by atoms with Crippen LogP contribution in [0.4, 0.5) is 0 Å². The molecule has 4 rings (SSSR count). The second kappa shape index (κ2) is 8.96. The molecule has 0 aliphatic rings. The van der Waals surface area contributed by atoms with E-state index >= 15 is 0 Å². The molecule has 0 atom stereocenters. The number of aryl methyl sites for hydroxylation is 3. The molecule has 0 spiro atoms. The van der Waals surface area contributed by atoms with E-state index in [0.717, 1.165) is 22.8 Å². The SMILES string of the molecule is Cc1ccc(S(=O)(=O)/C(C#N)=C/c2c(Oc3cccc(C)c3)nc3c(C)cccn3c2=O)cc1. The van der Waals surface area contributed by atoms with Crippen molar-refractivity contribution in [3.8, 4) is 17.7 Å². The molecular weight excluding hydrogens is 450 g/mol. The van der Waals surface area contributed by atoms with Gasteiger partial charge in [0.05, 0.1) is 4.90 Å². The number of allylic oxidation sites excluding steroid dienone is 1. The predicted molar refractivity (Wildman–Crippen MR) is 129 cm³/mol. The topological polar surface area (TPSA) is 102 Å². The largest absolute Gasteiger partial charge is 0.438 e. The molecule has 7 nitrogen and oxygen atoms in total. The van der Waals surface area contributed by atoms with Crippen LogP contribution in [0, 0.1) is 32.1 Å². The Bertz CT molecular complexity index is 1640. The number of hydrogen-bond donors (Lipinski definition) is 0. The number of nitriles is 1. The van der Waals surface area contributed by atoms with Crippen LogP contribution in [0.15, 0.2) is 81.5 Å². The summed E-state index contributed by atoms with van der Waals surface area (Å²) in [6.45, 7) is 5.52. The summed E-state index contributed by atoms with van der Waals surface area (Å²) in [5.41, 5.74) is 2.22. The molecule has 0 N–H and O–H groups in total. The smallest absolute Gasteiger partial charge is 0.269 e. The van der Waals surface area contributed by atoms with E-state index < -0.39 is 20.3 Å². The highest BCUT2D eigenvalue weighted by molar-refractivity contribution is 7.95. The van der Waals surface area contributed by atoms with Crippen molar-refractivity contribution < 1.29 is 13.2 Å². The summed E-state index contributed by atoms with van der Waals surface area (Å²) >= 11 is 0. The zero-order valence-electron chi connectivity index (χ0n) is 18.8. The van der Waals surface area contributed by atoms with Gasteiger partial charge in [0.2, 0.25) is 15.7 Å². The molecule has 0 aliphatic heterocycles. The zero-order chi connectivity index (χ0) is 24.5. The van der Waals surface area contributed by atoms with Crippen LogP contribution < -0.4 is 10.3 Å². The van der Waals surface area contributed by atoms with Crippen LogP contribution in [0.25, 0.3) is 11.7 Å². The predicted octanol–water partition coefficient (Wildman–Crippen LogP) is 4.75. The number of aromatic nitrogens is 2. The van der Waals surface area contributed by atoms with E-state index in [1.165, 1.54) is 22.7 Å². The fourth-order valence-electron chi connectivity index (χ4n) is 3.43. The average Bonchev–Trinajstić information content (AvgIpc) is 2.80. The number of hydrogen-bond acceptors (Lipinski definition) is 6. The van der Waals surface area contributed by atoms with Gasteiger partial charge in [-0.25, -0.2) is 8.42 Å². The van der Waals surface area contributed by atoms with E-state index in [4.69, 9.17) is 4.74 Å². The summed E-state index contributed by atoms with van der Waals surface area (Å²) in [6.07, 6.45) is 2.57. The van der Waals surface area contributed by atoms with E-state index in [1.807, 2.05) is 19.9 Å². The van der Waals surface area contributed by atoms with Crippen molar-refractivity contribution in [2.24, 2.45) is 0 Å². The standard InChI is InChI=1S/C26H21N3O4S/c1-17-9-11-21(12-10-17)34(31,32)22(16-27)15-23-25(33-20-8-4-6-18(2)14-20)28-24-19(3)7-5-13-29(24)26(23)30/h4-15H,1-3H3/b22-15+. The lowest BCUT2D eigenvalue weighted by Gasteiger charge is -2.12. The third-order valence-corrected chi connectivity index (χ3v) is 6.94. The first kappa shape index (κ1) is 23.0. The van der Waals surface area contributed by atoms with Gasteiger partial charge in [0.25, 0.3) is 5.56 Å². The second-order valence-corrected chi connectivity index (χ2v) is 9.79. The van der Waals surface area contributed by atoms with Crippen LogP contribution in [0.3, 0.4) is 0 Å². The third kappa shape index (κ3) is 4.34. The number of sulfone groups is 1. The molecule has 0 aliphatic carbocycles. The second-order valence-electron chi connectivity index (χ2n) is 7.88. The Balaban J connectivity index is 1.96. The molecule has 4 aromatic rings. The van der Waals surface area contributed by atoms with Crippen molar-refractivity contribution >= 4 is 21.6 Å². The lowest BCUT2D eigenvalue weighted by atomic mass is 10.2. The van der Waals surface area contributed by atoms with Gasteiger partial charge >= 0.3 is 0 Å². The number of ether oxygens (including phenoxy) is 1. The molecule has 2 heterocycles. The fourth-order valence-corrected chi connectivity index (χ4v) is 4.57. The Kier molecular flexibility index (Phi) is 6.05. The lowest BCUT2D eigenvalue weighted by molar-refractivity contribution is 0.460. The number of benzene rings is 2. The first-order valence-corrected chi connectivity index (χ1v) is 11.9. The number of rotatable bonds is 5. The summed E-state index contributed by atoms with van der Waals surface area (Å²) < 4.78 is 33.6. The highest BCUT2D eigenvalue weighted by atomic mass is 32.2. The maximum absolute atomic E-state index is 13.4. The quantitative estimate of drug-likeness (QED) is 0.389. The summed E-state index contributed by atoms with van der Waals surface area (Å²) in [5.74, 6) is 0.344. The molecule has 0 amide bonds. The zero-order valence-corrected chi connectivity index (χ0v) is 19.6. The summed E-state index contributed by atoms with van der Waals surface area (Å²) in [5, 5.41) is 9.74. The van der Waals surface area contributed by atoms with Gasteiger partial charge < -0.3 is 4.74 Å². The van der Waals surface area contributed by atoms with Gasteiger partial charge in [0.1, 0.15) is 27.9 Å². The third-order valence-electron chi connectivity index (χ3n) is 5.26. The molecule has 34 heavy (non-hydrogen) atoms. The van der Waals surface area contributed by atoms with Crippen molar-refractivity contribution in [1.29, 1.82) is 5.26 Å². The van der Waals surface area contributed by atoms with E-state index in [-0.39, 0.29) is 16.3 Å². The van der Waals surface area contributed by atoms with Crippen molar-refractivity contribution in [3.63, 3.8) is 0 Å². The van der Waals surface area contributed by atoms with Crippen LogP contribution in [0.5, 0.6) is 11.6 Å². The van der Waals surface area contributed by atoms with Crippen LogP contribution in [-0.2, 0) is 9.84 Å². The molecule has 0 unspecified atom stereocenters. The van der Waals surface area contributed by atoms with Crippen LogP contribution in [0.1, 0.15) is 22.3 Å². The highest BCUT2D eigenvalue weighted by Gasteiger charge is 2.24. The molecule has 8 heteroatoms. The molecule has 0 fully saturated rings. The van der Waals surface area contributed by atoms with Gasteiger partial charge in [-0.2, -0.15) is 10.2 Å². The van der Waals surface area contributed by atoms with Crippen molar-refractivity contribution in [2.45, 2.75) is 25.7 Å². The number of fused-ring (bicyclic) bond motifs is 1. The van der Waals surface area contributed by atoms with Gasteiger partial charge in [0, 0.05) is 6.20 Å². The van der Waals surface area contributed by atoms with E-state index in [0.29, 0.717) is 11.4 Å². The maximum atomic E-state index is 13.4. The Morgan fingerprint density at radius 1 is 1.03 bits per heavy atom. The first-order chi connectivity index (χ1) is 16.2. The Labute approximate surface area is 197 Å². The molecule has 0 saturated heterocycles. The molecule has 0 bridgehead atoms. The van der Waals surface area contributed by atoms with E-state index in [2.05, 4.69) is 4.98 Å². The average molecular weight is 472 g/mol. The van der Waals surface area contributed by atoms with E-state index in [9.17, 15) is 18.5 Å². The molecule has 0 radical (unpaired) electrons. The molecular formula is C26H21N3O4S. The summed E-state index contributed by atoms with van der Waals surface area (Å²) in [6, 6.07) is 18.5. The van der Waals surface area contributed by atoms with Gasteiger partial charge in [-0.05, 0) is 68.3 Å². The van der Waals surface area contributed by atoms with Crippen LogP contribution in [-0.4, -0.2) is 17.8 Å². The number of nitrogens with zero attached hydrogens (tertiary/aromatic N) is 3. The van der Waals surface area contributed by atoms with Gasteiger partial charge in [-0.3, -0.25) is 9.20 Å². The molecule has 2 aromatic heterocycles. The lowest BCUT2D eigenvalue weighted by Crippen LogP contribution is -2.20. The van der Waals surface area contributed by atoms with Gasteiger partial charge in [-0.15, -0.1) is 0 Å². The summed E-state index contributed by atoms with van der Waals surface area (Å²) in [4.78, 5) is 17.3. The van der Waals surface area contributed by atoms with Crippen LogP contribution in [0.2, 0.25) is 0 Å².